The van der Waals surface area contributed by atoms with Crippen LogP contribution >= 0.6 is 0 Å². The van der Waals surface area contributed by atoms with Crippen LogP contribution in [0.15, 0.2) is 67.1 Å². The summed E-state index contributed by atoms with van der Waals surface area (Å²) in [6.45, 7) is 5.19. The molecule has 2 aliphatic rings. The van der Waals surface area contributed by atoms with Crippen LogP contribution in [0.3, 0.4) is 0 Å². The molecule has 0 radical (unpaired) electrons. The molecule has 208 valence electrons. The first-order valence-corrected chi connectivity index (χ1v) is 13.8. The SMILES string of the molecule is C[C@@H]1CN(c2ccc(C#N)c3c2CN(C(=O)OCc2ccccc2)CC3)CCN1C(=O)Cn1cnc2cccnc21. The van der Waals surface area contributed by atoms with Gasteiger partial charge in [-0.3, -0.25) is 4.79 Å². The summed E-state index contributed by atoms with van der Waals surface area (Å²) in [5, 5.41) is 9.77. The van der Waals surface area contributed by atoms with Crippen molar-refractivity contribution < 1.29 is 14.3 Å². The summed E-state index contributed by atoms with van der Waals surface area (Å²) in [4.78, 5) is 40.9. The van der Waals surface area contributed by atoms with E-state index in [0.29, 0.717) is 50.4 Å². The third-order valence-electron chi connectivity index (χ3n) is 7.94. The first-order chi connectivity index (χ1) is 20.0. The fourth-order valence-corrected chi connectivity index (χ4v) is 5.82. The van der Waals surface area contributed by atoms with E-state index >= 15 is 0 Å². The van der Waals surface area contributed by atoms with Gasteiger partial charge in [0, 0.05) is 44.1 Å². The monoisotopic (exact) mass is 549 g/mol. The van der Waals surface area contributed by atoms with Crippen molar-refractivity contribution in [2.75, 3.05) is 31.1 Å². The molecule has 2 aromatic carbocycles. The molecule has 0 aliphatic carbocycles. The Hall–Kier alpha value is -4.91. The lowest BCUT2D eigenvalue weighted by Crippen LogP contribution is -2.55. The minimum absolute atomic E-state index is 0.0243. The minimum atomic E-state index is -0.363. The Balaban J connectivity index is 1.15. The van der Waals surface area contributed by atoms with Crippen molar-refractivity contribution in [3.63, 3.8) is 0 Å². The molecule has 1 saturated heterocycles. The zero-order chi connectivity index (χ0) is 28.3. The van der Waals surface area contributed by atoms with Crippen LogP contribution in [-0.4, -0.2) is 68.6 Å². The topological polar surface area (TPSA) is 108 Å². The molecule has 2 aromatic heterocycles. The van der Waals surface area contributed by atoms with Gasteiger partial charge in [0.25, 0.3) is 0 Å². The predicted molar refractivity (Wildman–Crippen MR) is 153 cm³/mol. The number of nitrogens with zero attached hydrogens (tertiary/aromatic N) is 7. The van der Waals surface area contributed by atoms with Gasteiger partial charge >= 0.3 is 6.09 Å². The van der Waals surface area contributed by atoms with Crippen molar-refractivity contribution in [2.24, 2.45) is 0 Å². The highest BCUT2D eigenvalue weighted by Crippen LogP contribution is 2.33. The zero-order valence-corrected chi connectivity index (χ0v) is 22.9. The van der Waals surface area contributed by atoms with Crippen LogP contribution in [-0.2, 0) is 35.6 Å². The molecule has 10 heteroatoms. The number of rotatable bonds is 5. The van der Waals surface area contributed by atoms with E-state index in [2.05, 4.69) is 27.9 Å². The summed E-state index contributed by atoms with van der Waals surface area (Å²) in [5.41, 5.74) is 6.01. The zero-order valence-electron chi connectivity index (χ0n) is 22.9. The summed E-state index contributed by atoms with van der Waals surface area (Å²) >= 11 is 0. The number of hydrogen-bond acceptors (Lipinski definition) is 7. The van der Waals surface area contributed by atoms with Crippen molar-refractivity contribution in [1.82, 2.24) is 24.3 Å². The van der Waals surface area contributed by atoms with Crippen molar-refractivity contribution in [3.8, 4) is 6.07 Å². The van der Waals surface area contributed by atoms with Crippen molar-refractivity contribution in [2.45, 2.75) is 39.1 Å². The van der Waals surface area contributed by atoms with Gasteiger partial charge in [-0.15, -0.1) is 0 Å². The van der Waals surface area contributed by atoms with Crippen LogP contribution in [0.25, 0.3) is 11.2 Å². The molecule has 4 aromatic rings. The van der Waals surface area contributed by atoms with Crippen molar-refractivity contribution in [1.29, 1.82) is 5.26 Å². The van der Waals surface area contributed by atoms with Crippen LogP contribution in [0.1, 0.15) is 29.2 Å². The fraction of sp³-hybridized carbons (Fsp3) is 0.323. The fourth-order valence-electron chi connectivity index (χ4n) is 5.82. The van der Waals surface area contributed by atoms with Crippen LogP contribution in [0, 0.1) is 11.3 Å². The number of aromatic nitrogens is 3. The molecule has 6 rings (SSSR count). The lowest BCUT2D eigenvalue weighted by molar-refractivity contribution is -0.134. The van der Waals surface area contributed by atoms with E-state index in [4.69, 9.17) is 4.74 Å². The number of nitriles is 1. The maximum absolute atomic E-state index is 13.3. The number of carbonyl (C=O) groups excluding carboxylic acids is 2. The lowest BCUT2D eigenvalue weighted by Gasteiger charge is -2.42. The van der Waals surface area contributed by atoms with Gasteiger partial charge in [0.2, 0.25) is 5.91 Å². The third kappa shape index (κ3) is 5.31. The van der Waals surface area contributed by atoms with Crippen molar-refractivity contribution >= 4 is 28.9 Å². The second-order valence-corrected chi connectivity index (χ2v) is 10.5. The highest BCUT2D eigenvalue weighted by atomic mass is 16.6. The largest absolute Gasteiger partial charge is 0.445 e. The van der Waals surface area contributed by atoms with Gasteiger partial charge in [-0.2, -0.15) is 5.26 Å². The van der Waals surface area contributed by atoms with Crippen LogP contribution in [0.4, 0.5) is 10.5 Å². The maximum atomic E-state index is 13.3. The third-order valence-corrected chi connectivity index (χ3v) is 7.94. The molecule has 0 bridgehead atoms. The quantitative estimate of drug-likeness (QED) is 0.373. The van der Waals surface area contributed by atoms with Gasteiger partial charge in [-0.1, -0.05) is 30.3 Å². The molecule has 2 amide bonds. The number of carbonyl (C=O) groups is 2. The molecular formula is C31H31N7O3. The Kier molecular flexibility index (Phi) is 7.25. The van der Waals surface area contributed by atoms with Gasteiger partial charge in [0.15, 0.2) is 5.65 Å². The van der Waals surface area contributed by atoms with Gasteiger partial charge in [-0.05, 0) is 54.3 Å². The molecule has 4 heterocycles. The number of ether oxygens (including phenoxy) is 1. The van der Waals surface area contributed by atoms with Crippen LogP contribution in [0.5, 0.6) is 0 Å². The predicted octanol–water partition coefficient (Wildman–Crippen LogP) is 3.74. The number of imidazole rings is 1. The van der Waals surface area contributed by atoms with E-state index in [0.717, 1.165) is 27.9 Å². The summed E-state index contributed by atoms with van der Waals surface area (Å²) in [6, 6.07) is 19.5. The normalized spacial score (nSPS) is 16.8. The summed E-state index contributed by atoms with van der Waals surface area (Å²) in [6.07, 6.45) is 3.59. The number of benzene rings is 2. The first kappa shape index (κ1) is 26.3. The summed E-state index contributed by atoms with van der Waals surface area (Å²) < 4.78 is 7.40. The average Bonchev–Trinajstić information content (AvgIpc) is 3.42. The second-order valence-electron chi connectivity index (χ2n) is 10.5. The first-order valence-electron chi connectivity index (χ1n) is 13.8. The highest BCUT2D eigenvalue weighted by Gasteiger charge is 2.32. The van der Waals surface area contributed by atoms with E-state index in [1.54, 1.807) is 22.0 Å². The number of pyridine rings is 1. The number of fused-ring (bicyclic) bond motifs is 2. The molecule has 10 nitrogen and oxygen atoms in total. The maximum Gasteiger partial charge on any atom is 0.410 e. The minimum Gasteiger partial charge on any atom is -0.445 e. The van der Waals surface area contributed by atoms with E-state index in [-0.39, 0.29) is 31.2 Å². The van der Waals surface area contributed by atoms with E-state index in [1.165, 1.54) is 0 Å². The molecule has 0 saturated carbocycles. The summed E-state index contributed by atoms with van der Waals surface area (Å²) in [5.74, 6) is 0.0243. The highest BCUT2D eigenvalue weighted by molar-refractivity contribution is 5.79. The van der Waals surface area contributed by atoms with Gasteiger partial charge in [-0.25, -0.2) is 14.8 Å². The Bertz CT molecular complexity index is 1630. The Morgan fingerprint density at radius 1 is 1.02 bits per heavy atom. The van der Waals surface area contributed by atoms with E-state index in [1.807, 2.05) is 59.5 Å². The second kappa shape index (κ2) is 11.3. The molecule has 0 N–H and O–H groups in total. The average molecular weight is 550 g/mol. The molecular weight excluding hydrogens is 518 g/mol. The number of hydrogen-bond donors (Lipinski definition) is 0. The van der Waals surface area contributed by atoms with Crippen LogP contribution < -0.4 is 4.90 Å². The molecule has 2 aliphatic heterocycles. The molecule has 1 fully saturated rings. The summed E-state index contributed by atoms with van der Waals surface area (Å²) in [7, 11) is 0. The standard InChI is InChI=1S/C31H31N7O3/c1-22-17-35(14-15-38(22)29(39)19-37-21-34-27-8-5-12-33-30(27)37)28-10-9-24(16-32)25-11-13-36(18-26(25)28)31(40)41-20-23-6-3-2-4-7-23/h2-10,12,21-22H,11,13-15,17-20H2,1H3/t22-/m1/s1. The molecule has 0 spiro atoms. The Morgan fingerprint density at radius 2 is 1.88 bits per heavy atom. The molecule has 1 atom stereocenters. The van der Waals surface area contributed by atoms with Gasteiger partial charge < -0.3 is 24.0 Å². The van der Waals surface area contributed by atoms with Gasteiger partial charge in [0.1, 0.15) is 18.7 Å². The van der Waals surface area contributed by atoms with E-state index in [9.17, 15) is 14.9 Å². The number of anilines is 1. The van der Waals surface area contributed by atoms with Crippen molar-refractivity contribution in [3.05, 3.63) is 89.4 Å². The molecule has 41 heavy (non-hydrogen) atoms. The van der Waals surface area contributed by atoms with Crippen LogP contribution in [0.2, 0.25) is 0 Å². The molecule has 0 unspecified atom stereocenters. The number of amides is 2. The van der Waals surface area contributed by atoms with E-state index < -0.39 is 0 Å². The number of piperazine rings is 1. The lowest BCUT2D eigenvalue weighted by atomic mass is 9.92. The Labute approximate surface area is 238 Å². The van der Waals surface area contributed by atoms with Gasteiger partial charge in [0.05, 0.1) is 24.5 Å². The Morgan fingerprint density at radius 3 is 2.68 bits per heavy atom. The smallest absolute Gasteiger partial charge is 0.410 e.